The maximum Gasteiger partial charge on any atom is 0.303 e. The average Bonchev–Trinajstić information content (AvgIpc) is 3.30. The number of hydrogen-bond donors (Lipinski definition) is 3. The summed E-state index contributed by atoms with van der Waals surface area (Å²) in [5, 5.41) is 31.1. The van der Waals surface area contributed by atoms with Crippen molar-refractivity contribution in [2.45, 2.75) is 156 Å². The zero-order chi connectivity index (χ0) is 32.5. The molecule has 0 aromatic carbocycles. The normalized spacial score (nSPS) is 50.6. The number of aliphatic hydroxyl groups is 3. The lowest BCUT2D eigenvalue weighted by molar-refractivity contribution is -0.264. The van der Waals surface area contributed by atoms with Gasteiger partial charge in [0.1, 0.15) is 12.2 Å². The van der Waals surface area contributed by atoms with E-state index in [0.29, 0.717) is 46.8 Å². The second kappa shape index (κ2) is 10.4. The maximum atomic E-state index is 12.0. The number of carbonyl (C=O) groups is 1. The highest BCUT2D eigenvalue weighted by Crippen LogP contribution is 2.89. The van der Waals surface area contributed by atoms with Gasteiger partial charge in [0.15, 0.2) is 12.4 Å². The summed E-state index contributed by atoms with van der Waals surface area (Å²) in [6.07, 6.45) is 6.04. The first-order chi connectivity index (χ1) is 21.0. The lowest BCUT2D eigenvalue weighted by Gasteiger charge is -2.59. The largest absolute Gasteiger partial charge is 0.491 e. The third kappa shape index (κ3) is 4.43. The van der Waals surface area contributed by atoms with E-state index >= 15 is 0 Å². The monoisotopic (exact) mass is 630 g/mol. The molecule has 0 amide bonds. The number of carbonyl (C=O) groups excluding carboxylic acids is 1. The Labute approximate surface area is 269 Å². The molecule has 0 bridgehead atoms. The molecule has 5 aliphatic carbocycles. The Bertz CT molecular complexity index is 1240. The molecule has 3 N–H and O–H groups in total. The minimum absolute atomic E-state index is 0.00701. The van der Waals surface area contributed by atoms with Gasteiger partial charge in [-0.1, -0.05) is 34.6 Å². The molecular formula is C37H58O8. The second-order valence-corrected chi connectivity index (χ2v) is 17.7. The molecule has 0 aromatic rings. The van der Waals surface area contributed by atoms with Crippen molar-refractivity contribution >= 4 is 5.97 Å². The molecule has 254 valence electrons. The summed E-state index contributed by atoms with van der Waals surface area (Å²) < 4.78 is 24.9. The van der Waals surface area contributed by atoms with Crippen molar-refractivity contribution in [2.24, 2.45) is 51.2 Å². The van der Waals surface area contributed by atoms with E-state index in [1.54, 1.807) is 13.8 Å². The van der Waals surface area contributed by atoms with Crippen LogP contribution in [0.15, 0.2) is 11.3 Å². The highest BCUT2D eigenvalue weighted by Gasteiger charge is 2.84. The fourth-order valence-corrected chi connectivity index (χ4v) is 13.2. The van der Waals surface area contributed by atoms with Crippen LogP contribution in [0, 0.1) is 51.2 Å². The molecule has 7 rings (SSSR count). The van der Waals surface area contributed by atoms with E-state index in [9.17, 15) is 20.1 Å². The van der Waals surface area contributed by atoms with Gasteiger partial charge in [-0.3, -0.25) is 4.79 Å². The highest BCUT2D eigenvalue weighted by atomic mass is 16.7. The summed E-state index contributed by atoms with van der Waals surface area (Å²) in [5.74, 6) is 3.52. The van der Waals surface area contributed by atoms with Crippen molar-refractivity contribution in [3.63, 3.8) is 0 Å². The molecule has 14 atom stereocenters. The summed E-state index contributed by atoms with van der Waals surface area (Å²) in [6, 6.07) is 0. The van der Waals surface area contributed by atoms with Gasteiger partial charge >= 0.3 is 5.97 Å². The Hall–Kier alpha value is -1.19. The first-order valence-electron chi connectivity index (χ1n) is 17.9. The molecule has 4 unspecified atom stereocenters. The van der Waals surface area contributed by atoms with Crippen LogP contribution in [0.1, 0.15) is 113 Å². The third-order valence-electron chi connectivity index (χ3n) is 15.0. The predicted octanol–water partition coefficient (Wildman–Crippen LogP) is 5.51. The Morgan fingerprint density at radius 3 is 2.38 bits per heavy atom. The zero-order valence-electron chi connectivity index (χ0n) is 28.8. The van der Waals surface area contributed by atoms with Gasteiger partial charge in [0.2, 0.25) is 0 Å². The van der Waals surface area contributed by atoms with Crippen LogP contribution in [0.2, 0.25) is 0 Å². The summed E-state index contributed by atoms with van der Waals surface area (Å²) in [4.78, 5) is 12.0. The fraction of sp³-hybridized carbons (Fsp3) is 0.919. The first-order valence-corrected chi connectivity index (χ1v) is 17.9. The number of hydrogen-bond acceptors (Lipinski definition) is 8. The minimum Gasteiger partial charge on any atom is -0.491 e. The zero-order valence-corrected chi connectivity index (χ0v) is 28.8. The molecule has 45 heavy (non-hydrogen) atoms. The molecule has 2 aliphatic heterocycles. The molecule has 4 saturated carbocycles. The molecule has 0 radical (unpaired) electrons. The third-order valence-corrected chi connectivity index (χ3v) is 15.0. The standard InChI is InChI=1S/C37H58O8/c1-19-15-27(32(34(6,7)41)43-21(3)38)44-26-16-23-22-9-10-28-33(4,5)29(45-30-17-24(39)25(40)18-42-30)11-12-37(28)20(2)36(22,37)14-13-35(23,8)31(19)26/h19-20,22-25,27-30,32,39-41H,9-18H2,1-8H3/t19-,20+,22+,23?,24-,25-,27-,28?,29+,30?,32+,35+,36+,37?/m1/s1. The van der Waals surface area contributed by atoms with Crippen molar-refractivity contribution in [1.29, 1.82) is 0 Å². The van der Waals surface area contributed by atoms with Crippen LogP contribution in [0.25, 0.3) is 0 Å². The Balaban J connectivity index is 1.12. The van der Waals surface area contributed by atoms with E-state index in [-0.39, 0.29) is 35.6 Å². The van der Waals surface area contributed by atoms with Gasteiger partial charge in [0.25, 0.3) is 0 Å². The lowest BCUT2D eigenvalue weighted by atomic mass is 9.46. The van der Waals surface area contributed by atoms with E-state index in [2.05, 4.69) is 34.6 Å². The van der Waals surface area contributed by atoms with Crippen molar-refractivity contribution < 1.29 is 39.1 Å². The van der Waals surface area contributed by atoms with Crippen LogP contribution in [-0.4, -0.2) is 70.3 Å². The molecule has 5 fully saturated rings. The number of rotatable bonds is 5. The maximum absolute atomic E-state index is 12.0. The Kier molecular flexibility index (Phi) is 7.48. The quantitative estimate of drug-likeness (QED) is 0.269. The van der Waals surface area contributed by atoms with E-state index in [1.165, 1.54) is 44.6 Å². The molecule has 8 nitrogen and oxygen atoms in total. The van der Waals surface area contributed by atoms with Crippen LogP contribution in [0.5, 0.6) is 0 Å². The van der Waals surface area contributed by atoms with Crippen LogP contribution in [-0.2, 0) is 23.7 Å². The van der Waals surface area contributed by atoms with Crippen LogP contribution < -0.4 is 0 Å². The van der Waals surface area contributed by atoms with E-state index in [1.807, 2.05) is 0 Å². The topological polar surface area (TPSA) is 115 Å². The molecule has 0 aromatic heterocycles. The van der Waals surface area contributed by atoms with E-state index in [0.717, 1.165) is 25.0 Å². The van der Waals surface area contributed by atoms with Gasteiger partial charge in [0, 0.05) is 19.8 Å². The fourth-order valence-electron chi connectivity index (χ4n) is 13.2. The van der Waals surface area contributed by atoms with Crippen LogP contribution in [0.4, 0.5) is 0 Å². The van der Waals surface area contributed by atoms with Crippen molar-refractivity contribution in [1.82, 2.24) is 0 Å². The average molecular weight is 631 g/mol. The predicted molar refractivity (Wildman–Crippen MR) is 167 cm³/mol. The molecule has 2 spiro atoms. The van der Waals surface area contributed by atoms with Gasteiger partial charge in [-0.25, -0.2) is 0 Å². The summed E-state index contributed by atoms with van der Waals surface area (Å²) in [5.41, 5.74) is 1.11. The number of esters is 1. The number of ether oxygens (including phenoxy) is 4. The number of aliphatic hydroxyl groups excluding tert-OH is 2. The first kappa shape index (κ1) is 32.4. The van der Waals surface area contributed by atoms with Crippen molar-refractivity contribution in [3.8, 4) is 0 Å². The molecule has 7 aliphatic rings. The van der Waals surface area contributed by atoms with Crippen LogP contribution >= 0.6 is 0 Å². The molecule has 8 heteroatoms. The number of fused-ring (bicyclic) bond motifs is 3. The Morgan fingerprint density at radius 2 is 1.71 bits per heavy atom. The van der Waals surface area contributed by atoms with Gasteiger partial charge in [-0.05, 0) is 116 Å². The van der Waals surface area contributed by atoms with Gasteiger partial charge in [-0.2, -0.15) is 0 Å². The molecule has 2 heterocycles. The molecular weight excluding hydrogens is 572 g/mol. The summed E-state index contributed by atoms with van der Waals surface area (Å²) >= 11 is 0. The Morgan fingerprint density at radius 1 is 0.978 bits per heavy atom. The van der Waals surface area contributed by atoms with E-state index < -0.39 is 30.2 Å². The van der Waals surface area contributed by atoms with Crippen LogP contribution in [0.3, 0.4) is 0 Å². The molecule has 1 saturated heterocycles. The SMILES string of the molecule is CC(=O)O[C@@H]([C@H]1C[C@@H](C)C2=C(CC3[C@@H]4CCC5C(C)(C)[C@@H](OC6C[C@@H](O)[C@H](O)CO6)CCC56[C@@H](C)[C@@]46CC[C@]23C)O1)C(C)(C)O. The van der Waals surface area contributed by atoms with Gasteiger partial charge in [0.05, 0.1) is 30.2 Å². The number of allylic oxidation sites excluding steroid dienone is 2. The summed E-state index contributed by atoms with van der Waals surface area (Å²) in [6.45, 7) is 17.2. The van der Waals surface area contributed by atoms with Crippen molar-refractivity contribution in [3.05, 3.63) is 11.3 Å². The van der Waals surface area contributed by atoms with E-state index in [4.69, 9.17) is 18.9 Å². The van der Waals surface area contributed by atoms with Crippen molar-refractivity contribution in [2.75, 3.05) is 6.61 Å². The smallest absolute Gasteiger partial charge is 0.303 e. The second-order valence-electron chi connectivity index (χ2n) is 17.7. The van der Waals surface area contributed by atoms with Gasteiger partial charge in [-0.15, -0.1) is 0 Å². The lowest BCUT2D eigenvalue weighted by Crippen LogP contribution is -2.55. The minimum atomic E-state index is -1.19. The summed E-state index contributed by atoms with van der Waals surface area (Å²) in [7, 11) is 0. The highest BCUT2D eigenvalue weighted by molar-refractivity contribution is 5.66. The van der Waals surface area contributed by atoms with Gasteiger partial charge < -0.3 is 34.3 Å².